The fourth-order valence-electron chi connectivity index (χ4n) is 14.3. The van der Waals surface area contributed by atoms with Gasteiger partial charge in [0.2, 0.25) is 0 Å². The quantitative estimate of drug-likeness (QED) is 0.0292. The lowest BCUT2D eigenvalue weighted by Gasteiger charge is -2.26. The number of aryl methyl sites for hydroxylation is 1. The fraction of sp³-hybridized carbons (Fsp3) is 0.771. The number of rotatable bonds is 82. The third kappa shape index (κ3) is 85.9. The molecular weight excluding hydrogens is 1430 g/mol. The van der Waals surface area contributed by atoms with Crippen molar-refractivity contribution in [3.63, 3.8) is 0 Å². The van der Waals surface area contributed by atoms with Gasteiger partial charge in [-0.1, -0.05) is 338 Å². The number of carbonyl (C=O) groups is 2. The molecule has 0 bridgehead atoms. The number of hydrogen-bond donors (Lipinski definition) is 1. The van der Waals surface area contributed by atoms with E-state index in [1.54, 1.807) is 0 Å². The molecule has 1 rings (SSSR count). The van der Waals surface area contributed by atoms with Gasteiger partial charge in [-0.25, -0.2) is 9.59 Å². The molecule has 0 unspecified atom stereocenters. The number of hydrogen-bond acceptors (Lipinski definition) is 11. The lowest BCUT2D eigenvalue weighted by Crippen LogP contribution is -2.37. The van der Waals surface area contributed by atoms with Crippen LogP contribution in [0.4, 0.5) is 9.59 Å². The van der Waals surface area contributed by atoms with Crippen LogP contribution in [0.15, 0.2) is 121 Å². The van der Waals surface area contributed by atoms with E-state index in [1.165, 1.54) is 257 Å². The molecule has 1 aromatic carbocycles. The summed E-state index contributed by atoms with van der Waals surface area (Å²) in [4.78, 5) is 35.0. The lowest BCUT2D eigenvalue weighted by molar-refractivity contribution is 0.0116. The molecule has 0 saturated heterocycles. The van der Waals surface area contributed by atoms with E-state index in [2.05, 4.69) is 186 Å². The summed E-state index contributed by atoms with van der Waals surface area (Å²) in [5.74, 6) is 0.548. The van der Waals surface area contributed by atoms with Gasteiger partial charge in [0.05, 0.1) is 6.61 Å². The zero-order valence-corrected chi connectivity index (χ0v) is 78.5. The molecule has 11 heteroatoms. The molecule has 0 heterocycles. The number of allylic oxidation sites excluding steroid dienone is 16. The molecule has 0 atom stereocenters. The van der Waals surface area contributed by atoms with Gasteiger partial charge in [0.15, 0.2) is 0 Å². The average molecular weight is 1620 g/mol. The third-order valence-electron chi connectivity index (χ3n) is 22.0. The first-order chi connectivity index (χ1) is 57.0. The van der Waals surface area contributed by atoms with Crippen molar-refractivity contribution in [2.24, 2.45) is 0 Å². The van der Waals surface area contributed by atoms with Crippen molar-refractivity contribution in [2.75, 3.05) is 91.8 Å². The van der Waals surface area contributed by atoms with E-state index in [0.29, 0.717) is 12.4 Å². The smallest absolute Gasteiger partial charge is 0.433 e. The van der Waals surface area contributed by atoms with Gasteiger partial charge >= 0.3 is 12.3 Å². The molecule has 0 amide bonds. The Hall–Kier alpha value is -4.52. The summed E-state index contributed by atoms with van der Waals surface area (Å²) >= 11 is 0. The SMILES string of the molecule is CCCCC/C=C\C/C=C\CCCCCCCCC(CCCCCCCC/C=C\C/C=C\CCCCC)OC(=O)OCCN(CCC)CCN(CC)CC.CCCCC/C=C\C/C=C\CCCCCCCCC(CCCCCCCC/C=C\C/C=C\CCCCC)OC(=O)Oc1ccc(C)cc1.CCCN(CCO)CCN(CC)CC. The summed E-state index contributed by atoms with van der Waals surface area (Å²) in [7, 11) is 0. The number of aliphatic hydroxyl groups is 1. The van der Waals surface area contributed by atoms with Crippen molar-refractivity contribution in [3.8, 4) is 5.75 Å². The molecule has 0 aliphatic heterocycles. The molecule has 674 valence electrons. The maximum Gasteiger partial charge on any atom is 0.514 e. The van der Waals surface area contributed by atoms with Gasteiger partial charge in [0.25, 0.3) is 0 Å². The second kappa shape index (κ2) is 95.9. The zero-order valence-electron chi connectivity index (χ0n) is 78.5. The number of nitrogens with zero attached hydrogens (tertiary/aromatic N) is 4. The van der Waals surface area contributed by atoms with Gasteiger partial charge in [-0.2, -0.15) is 0 Å². The largest absolute Gasteiger partial charge is 0.514 e. The van der Waals surface area contributed by atoms with E-state index in [-0.39, 0.29) is 18.8 Å². The molecule has 1 aromatic rings. The minimum Gasteiger partial charge on any atom is -0.433 e. The summed E-state index contributed by atoms with van der Waals surface area (Å²) in [5, 5.41) is 8.89. The highest BCUT2D eigenvalue weighted by molar-refractivity contribution is 5.64. The number of carbonyl (C=O) groups excluding carboxylic acids is 2. The Labute approximate surface area is 721 Å². The minimum absolute atomic E-state index is 0.0245. The van der Waals surface area contributed by atoms with Gasteiger partial charge in [-0.3, -0.25) is 9.80 Å². The molecule has 0 spiro atoms. The molecule has 1 N–H and O–H groups in total. The summed E-state index contributed by atoms with van der Waals surface area (Å²) < 4.78 is 22.9. The van der Waals surface area contributed by atoms with E-state index >= 15 is 0 Å². The second-order valence-corrected chi connectivity index (χ2v) is 32.7. The Balaban J connectivity index is 0. The molecule has 0 aliphatic carbocycles. The number of aliphatic hydroxyl groups excluding tert-OH is 1. The fourth-order valence-corrected chi connectivity index (χ4v) is 14.3. The minimum atomic E-state index is -0.566. The van der Waals surface area contributed by atoms with Crippen LogP contribution in [0.25, 0.3) is 0 Å². The van der Waals surface area contributed by atoms with Gasteiger partial charge in [-0.15, -0.1) is 0 Å². The highest BCUT2D eigenvalue weighted by Crippen LogP contribution is 2.22. The third-order valence-corrected chi connectivity index (χ3v) is 22.0. The summed E-state index contributed by atoms with van der Waals surface area (Å²) in [5.41, 5.74) is 1.14. The molecule has 0 fully saturated rings. The predicted octanol–water partition coefficient (Wildman–Crippen LogP) is 31.3. The first-order valence-corrected chi connectivity index (χ1v) is 49.5. The first kappa shape index (κ1) is 114. The molecule has 11 nitrogen and oxygen atoms in total. The molecule has 0 aromatic heterocycles. The van der Waals surface area contributed by atoms with Crippen LogP contribution in [0.3, 0.4) is 0 Å². The number of unbranched alkanes of at least 4 members (excludes halogenated alkanes) is 36. The topological polar surface area (TPSA) is 104 Å². The van der Waals surface area contributed by atoms with Gasteiger partial charge in [-0.05, 0) is 251 Å². The van der Waals surface area contributed by atoms with Crippen LogP contribution in [0.1, 0.15) is 422 Å². The normalized spacial score (nSPS) is 12.2. The maximum absolute atomic E-state index is 12.8. The molecule has 0 aliphatic rings. The van der Waals surface area contributed by atoms with Crippen LogP contribution in [0.2, 0.25) is 0 Å². The van der Waals surface area contributed by atoms with E-state index in [1.807, 2.05) is 31.2 Å². The summed E-state index contributed by atoms with van der Waals surface area (Å²) in [6.07, 6.45) is 102. The highest BCUT2D eigenvalue weighted by Gasteiger charge is 2.19. The molecular formula is C105H192N4O7. The van der Waals surface area contributed by atoms with E-state index in [9.17, 15) is 9.59 Å². The predicted molar refractivity (Wildman–Crippen MR) is 510 cm³/mol. The van der Waals surface area contributed by atoms with E-state index in [0.717, 1.165) is 174 Å². The van der Waals surface area contributed by atoms with Crippen molar-refractivity contribution < 1.29 is 33.6 Å². The summed E-state index contributed by atoms with van der Waals surface area (Å²) in [6.45, 7) is 37.3. The first-order valence-electron chi connectivity index (χ1n) is 49.5. The van der Waals surface area contributed by atoms with Crippen molar-refractivity contribution in [1.82, 2.24) is 19.6 Å². The Kier molecular flexibility index (Phi) is 93.9. The van der Waals surface area contributed by atoms with Crippen molar-refractivity contribution in [3.05, 3.63) is 127 Å². The van der Waals surface area contributed by atoms with Crippen molar-refractivity contribution >= 4 is 12.3 Å². The highest BCUT2D eigenvalue weighted by atomic mass is 16.7. The standard InChI is InChI=1S/C49H92N2O3.C45H74O3.C11H26N2O/c1-6-11-13-15-17-19-21-23-25-27-29-31-33-35-37-39-41-48(54-49(52)53-47-46-51(43-8-3)45-44-50(9-4)10-5)42-40-38-36-34-32-30-28-26-24-22-20-18-16-14-12-7-2;1-4-6-8-10-12-14-16-18-20-22-24-26-28-30-32-34-36-43(47-45(46)48-44-40-38-42(3)39-41-44)37-35-33-31-29-27-25-23-21-19-17-15-13-11-9-7-5-2;1-4-7-13(10-11-14)9-8-12(5-2)6-3/h17-20,23-26,48H,6-16,21-22,27-47H2,1-5H3;12-15,18-21,38-41,43H,4-11,16-17,22-37H2,1-3H3;14H,4-11H2,1-3H3/b19-17-,20-18-,25-23-,26-24-;14-12-,15-13-,20-18-,21-19-;. The van der Waals surface area contributed by atoms with Gasteiger partial charge in [0.1, 0.15) is 24.6 Å². The number of likely N-dealkylation sites (N-methyl/N-ethyl adjacent to an activating group) is 2. The van der Waals surface area contributed by atoms with Crippen LogP contribution < -0.4 is 4.74 Å². The van der Waals surface area contributed by atoms with E-state index in [4.69, 9.17) is 24.1 Å². The van der Waals surface area contributed by atoms with Gasteiger partial charge in [0, 0.05) is 39.3 Å². The Morgan fingerprint density at radius 1 is 0.293 bits per heavy atom. The maximum atomic E-state index is 12.8. The Bertz CT molecular complexity index is 2290. The van der Waals surface area contributed by atoms with Crippen LogP contribution in [-0.4, -0.2) is 141 Å². The van der Waals surface area contributed by atoms with E-state index < -0.39 is 12.3 Å². The molecule has 0 saturated carbocycles. The van der Waals surface area contributed by atoms with Gasteiger partial charge < -0.3 is 33.9 Å². The molecule has 116 heavy (non-hydrogen) atoms. The van der Waals surface area contributed by atoms with Crippen LogP contribution in [-0.2, 0) is 14.2 Å². The summed E-state index contributed by atoms with van der Waals surface area (Å²) in [6, 6.07) is 7.57. The number of ether oxygens (including phenoxy) is 4. The zero-order chi connectivity index (χ0) is 84.8. The average Bonchev–Trinajstić information content (AvgIpc) is 0.907. The second-order valence-electron chi connectivity index (χ2n) is 32.7. The Morgan fingerprint density at radius 2 is 0.552 bits per heavy atom. The lowest BCUT2D eigenvalue weighted by atomic mass is 10.0. The van der Waals surface area contributed by atoms with Crippen molar-refractivity contribution in [2.45, 2.75) is 435 Å². The Morgan fingerprint density at radius 3 is 0.828 bits per heavy atom. The number of benzene rings is 1. The van der Waals surface area contributed by atoms with Crippen LogP contribution >= 0.6 is 0 Å². The van der Waals surface area contributed by atoms with Crippen molar-refractivity contribution in [1.29, 1.82) is 0 Å². The van der Waals surface area contributed by atoms with Crippen LogP contribution in [0.5, 0.6) is 5.75 Å². The van der Waals surface area contributed by atoms with Crippen LogP contribution in [0, 0.1) is 6.92 Å². The monoisotopic (exact) mass is 1620 g/mol. The molecule has 0 radical (unpaired) electrons.